The van der Waals surface area contributed by atoms with Crippen LogP contribution in [0.4, 0.5) is 5.69 Å². The molecule has 0 aliphatic carbocycles. The number of hydrogen-bond donors (Lipinski definition) is 1. The molecular formula is C29H22NOP. The zero-order valence-corrected chi connectivity index (χ0v) is 18.4. The maximum absolute atomic E-state index is 10.7. The third-order valence-electron chi connectivity index (χ3n) is 5.40. The Bertz CT molecular complexity index is 1340. The monoisotopic (exact) mass is 431 g/mol. The molecule has 0 aromatic heterocycles. The maximum Gasteiger partial charge on any atom is 0.132 e. The standard InChI is InChI=1S/C29H22NOP/c31-29-23(19-18-22-10-7-8-17-28(22)29)21-30-24-11-9-16-27(20-24)32(25-12-3-1-4-13-25)26-14-5-2-6-15-26/h1-21,31H. The first-order valence-corrected chi connectivity index (χ1v) is 11.9. The maximum atomic E-state index is 10.7. The van der Waals surface area contributed by atoms with E-state index in [1.807, 2.05) is 42.5 Å². The molecule has 0 saturated heterocycles. The second-order valence-corrected chi connectivity index (χ2v) is 9.73. The summed E-state index contributed by atoms with van der Waals surface area (Å²) in [4.78, 5) is 4.70. The molecule has 0 heterocycles. The molecule has 1 N–H and O–H groups in total. The lowest BCUT2D eigenvalue weighted by Gasteiger charge is -2.19. The highest BCUT2D eigenvalue weighted by molar-refractivity contribution is 7.79. The molecule has 0 unspecified atom stereocenters. The molecule has 0 amide bonds. The van der Waals surface area contributed by atoms with Crippen LogP contribution >= 0.6 is 7.92 Å². The number of nitrogens with zero attached hydrogens (tertiary/aromatic N) is 1. The molecule has 5 rings (SSSR count). The molecule has 3 heteroatoms. The number of aliphatic imine (C=N–C) groups is 1. The van der Waals surface area contributed by atoms with E-state index in [2.05, 4.69) is 78.9 Å². The van der Waals surface area contributed by atoms with Crippen LogP contribution in [0.2, 0.25) is 0 Å². The van der Waals surface area contributed by atoms with E-state index >= 15 is 0 Å². The summed E-state index contributed by atoms with van der Waals surface area (Å²) in [6, 6.07) is 41.4. The van der Waals surface area contributed by atoms with Gasteiger partial charge in [0.15, 0.2) is 0 Å². The van der Waals surface area contributed by atoms with Gasteiger partial charge in [-0.2, -0.15) is 0 Å². The highest BCUT2D eigenvalue weighted by Gasteiger charge is 2.16. The lowest BCUT2D eigenvalue weighted by atomic mass is 10.1. The van der Waals surface area contributed by atoms with Crippen molar-refractivity contribution in [3.8, 4) is 5.75 Å². The first kappa shape index (κ1) is 20.2. The Morgan fingerprint density at radius 1 is 0.594 bits per heavy atom. The summed E-state index contributed by atoms with van der Waals surface area (Å²) in [5, 5.41) is 16.4. The molecule has 0 fully saturated rings. The fourth-order valence-electron chi connectivity index (χ4n) is 3.83. The van der Waals surface area contributed by atoms with Crippen LogP contribution in [-0.2, 0) is 0 Å². The minimum Gasteiger partial charge on any atom is -0.507 e. The Labute approximate surface area is 189 Å². The van der Waals surface area contributed by atoms with Gasteiger partial charge in [0.25, 0.3) is 0 Å². The molecule has 0 saturated carbocycles. The summed E-state index contributed by atoms with van der Waals surface area (Å²) >= 11 is 0. The Morgan fingerprint density at radius 3 is 1.94 bits per heavy atom. The average molecular weight is 431 g/mol. The van der Waals surface area contributed by atoms with Crippen molar-refractivity contribution in [3.05, 3.63) is 127 Å². The second-order valence-electron chi connectivity index (χ2n) is 7.51. The van der Waals surface area contributed by atoms with E-state index in [-0.39, 0.29) is 5.75 Å². The van der Waals surface area contributed by atoms with Crippen LogP contribution < -0.4 is 15.9 Å². The first-order valence-electron chi connectivity index (χ1n) is 10.5. The van der Waals surface area contributed by atoms with Crippen LogP contribution in [0, 0.1) is 0 Å². The number of benzene rings is 5. The van der Waals surface area contributed by atoms with Crippen LogP contribution in [0.3, 0.4) is 0 Å². The van der Waals surface area contributed by atoms with Gasteiger partial charge in [-0.1, -0.05) is 103 Å². The van der Waals surface area contributed by atoms with Gasteiger partial charge in [-0.3, -0.25) is 4.99 Å². The zero-order chi connectivity index (χ0) is 21.8. The largest absolute Gasteiger partial charge is 0.507 e. The average Bonchev–Trinajstić information content (AvgIpc) is 2.86. The van der Waals surface area contributed by atoms with Crippen molar-refractivity contribution in [2.24, 2.45) is 4.99 Å². The van der Waals surface area contributed by atoms with E-state index in [0.29, 0.717) is 5.56 Å². The summed E-state index contributed by atoms with van der Waals surface area (Å²) in [5.41, 5.74) is 1.58. The van der Waals surface area contributed by atoms with Gasteiger partial charge < -0.3 is 5.11 Å². The van der Waals surface area contributed by atoms with Crippen LogP contribution in [0.5, 0.6) is 5.75 Å². The first-order chi connectivity index (χ1) is 15.8. The number of phenols is 1. The van der Waals surface area contributed by atoms with Crippen LogP contribution in [0.1, 0.15) is 5.56 Å². The predicted octanol–water partition coefficient (Wildman–Crippen LogP) is 6.05. The predicted molar refractivity (Wildman–Crippen MR) is 138 cm³/mol. The van der Waals surface area contributed by atoms with E-state index in [1.54, 1.807) is 6.21 Å². The van der Waals surface area contributed by atoms with Crippen molar-refractivity contribution in [1.29, 1.82) is 0 Å². The molecule has 154 valence electrons. The van der Waals surface area contributed by atoms with Gasteiger partial charge in [0.05, 0.1) is 5.69 Å². The number of phenolic OH excluding ortho intramolecular Hbond substituents is 1. The van der Waals surface area contributed by atoms with E-state index < -0.39 is 7.92 Å². The quantitative estimate of drug-likeness (QED) is 0.267. The van der Waals surface area contributed by atoms with Crippen molar-refractivity contribution in [2.45, 2.75) is 0 Å². The van der Waals surface area contributed by atoms with Gasteiger partial charge in [-0.15, -0.1) is 0 Å². The molecule has 0 spiro atoms. The zero-order valence-electron chi connectivity index (χ0n) is 17.5. The van der Waals surface area contributed by atoms with Crippen molar-refractivity contribution in [2.75, 3.05) is 0 Å². The molecule has 32 heavy (non-hydrogen) atoms. The Kier molecular flexibility index (Phi) is 5.79. The number of hydrogen-bond acceptors (Lipinski definition) is 2. The molecular weight excluding hydrogens is 409 g/mol. The molecule has 0 aliphatic heterocycles. The van der Waals surface area contributed by atoms with E-state index in [9.17, 15) is 5.11 Å². The topological polar surface area (TPSA) is 32.6 Å². The third-order valence-corrected chi connectivity index (χ3v) is 7.82. The summed E-state index contributed by atoms with van der Waals surface area (Å²) in [5.74, 6) is 0.263. The molecule has 0 aliphatic rings. The summed E-state index contributed by atoms with van der Waals surface area (Å²) in [7, 11) is -0.680. The van der Waals surface area contributed by atoms with Crippen molar-refractivity contribution in [1.82, 2.24) is 0 Å². The molecule has 5 aromatic carbocycles. The molecule has 0 radical (unpaired) electrons. The molecule has 2 nitrogen and oxygen atoms in total. The van der Waals surface area contributed by atoms with Crippen molar-refractivity contribution >= 4 is 46.5 Å². The van der Waals surface area contributed by atoms with Gasteiger partial charge in [-0.25, -0.2) is 0 Å². The Balaban J connectivity index is 1.52. The number of aromatic hydroxyl groups is 1. The Hall–Kier alpha value is -3.74. The van der Waals surface area contributed by atoms with Gasteiger partial charge in [-0.05, 0) is 47.4 Å². The lowest BCUT2D eigenvalue weighted by molar-refractivity contribution is 0.481. The highest BCUT2D eigenvalue weighted by Crippen LogP contribution is 2.34. The van der Waals surface area contributed by atoms with Gasteiger partial charge in [0, 0.05) is 17.2 Å². The fraction of sp³-hybridized carbons (Fsp3) is 0. The van der Waals surface area contributed by atoms with E-state index in [1.165, 1.54) is 15.9 Å². The van der Waals surface area contributed by atoms with Crippen molar-refractivity contribution in [3.63, 3.8) is 0 Å². The van der Waals surface area contributed by atoms with Gasteiger partial charge >= 0.3 is 0 Å². The summed E-state index contributed by atoms with van der Waals surface area (Å²) < 4.78 is 0. The summed E-state index contributed by atoms with van der Waals surface area (Å²) in [6.07, 6.45) is 1.74. The Morgan fingerprint density at radius 2 is 1.22 bits per heavy atom. The van der Waals surface area contributed by atoms with Crippen LogP contribution in [-0.4, -0.2) is 11.3 Å². The number of fused-ring (bicyclic) bond motifs is 1. The van der Waals surface area contributed by atoms with Crippen LogP contribution in [0.15, 0.2) is 126 Å². The third kappa shape index (κ3) is 4.19. The smallest absolute Gasteiger partial charge is 0.132 e. The normalized spacial score (nSPS) is 11.4. The fourth-order valence-corrected chi connectivity index (χ4v) is 6.17. The van der Waals surface area contributed by atoms with Crippen molar-refractivity contribution < 1.29 is 5.11 Å². The van der Waals surface area contributed by atoms with Crippen LogP contribution in [0.25, 0.3) is 10.8 Å². The molecule has 5 aromatic rings. The molecule has 0 bridgehead atoms. The van der Waals surface area contributed by atoms with Gasteiger partial charge in [0.2, 0.25) is 0 Å². The van der Waals surface area contributed by atoms with Gasteiger partial charge in [0.1, 0.15) is 5.75 Å². The van der Waals surface area contributed by atoms with E-state index in [0.717, 1.165) is 16.5 Å². The molecule has 0 atom stereocenters. The minimum atomic E-state index is -0.680. The lowest BCUT2D eigenvalue weighted by Crippen LogP contribution is -2.20. The summed E-state index contributed by atoms with van der Waals surface area (Å²) in [6.45, 7) is 0. The van der Waals surface area contributed by atoms with E-state index in [4.69, 9.17) is 4.99 Å². The SMILES string of the molecule is Oc1c(C=Nc2cccc(P(c3ccccc3)c3ccccc3)c2)ccc2ccccc12. The second kappa shape index (κ2) is 9.18. The minimum absolute atomic E-state index is 0.263. The highest BCUT2D eigenvalue weighted by atomic mass is 31.1. The number of rotatable bonds is 5.